The molecule has 1 aromatic carbocycles. The molecule has 0 aliphatic heterocycles. The van der Waals surface area contributed by atoms with E-state index in [1.54, 1.807) is 18.3 Å². The van der Waals surface area contributed by atoms with Crippen molar-refractivity contribution in [2.45, 2.75) is 29.3 Å². The van der Waals surface area contributed by atoms with Crippen molar-refractivity contribution in [1.82, 2.24) is 4.98 Å². The zero-order valence-electron chi connectivity index (χ0n) is 10.1. The second kappa shape index (κ2) is 5.98. The van der Waals surface area contributed by atoms with Crippen molar-refractivity contribution in [3.05, 3.63) is 54.0 Å². The molecule has 2 aromatic rings. The number of hydrogen-bond acceptors (Lipinski definition) is 3. The maximum absolute atomic E-state index is 13.9. The molecule has 0 aliphatic rings. The number of nitrogens with two attached hydrogens (primary N) is 1. The number of rotatable bonds is 4. The van der Waals surface area contributed by atoms with Crippen molar-refractivity contribution in [3.63, 3.8) is 0 Å². The second-order valence-corrected chi connectivity index (χ2v) is 5.28. The van der Waals surface area contributed by atoms with Gasteiger partial charge in [-0.3, -0.25) is 0 Å². The molecule has 1 aromatic heterocycles. The number of nitrogens with zero attached hydrogens (tertiary/aromatic N) is 1. The van der Waals surface area contributed by atoms with Crippen LogP contribution >= 0.6 is 11.8 Å². The number of pyridine rings is 1. The van der Waals surface area contributed by atoms with Crippen molar-refractivity contribution >= 4 is 11.8 Å². The van der Waals surface area contributed by atoms with Gasteiger partial charge in [-0.1, -0.05) is 23.9 Å². The van der Waals surface area contributed by atoms with Gasteiger partial charge in [-0.25, -0.2) is 9.37 Å². The van der Waals surface area contributed by atoms with Crippen LogP contribution in [0.3, 0.4) is 0 Å². The van der Waals surface area contributed by atoms with E-state index < -0.39 is 0 Å². The molecule has 2 nitrogen and oxygen atoms in total. The summed E-state index contributed by atoms with van der Waals surface area (Å²) in [6.07, 6.45) is 2.39. The molecular weight excluding hydrogens is 247 g/mol. The van der Waals surface area contributed by atoms with E-state index >= 15 is 0 Å². The Morgan fingerprint density at radius 2 is 2.17 bits per heavy atom. The summed E-state index contributed by atoms with van der Waals surface area (Å²) in [5, 5.41) is 0.788. The first-order valence-electron chi connectivity index (χ1n) is 5.78. The van der Waals surface area contributed by atoms with Crippen LogP contribution in [0.25, 0.3) is 0 Å². The van der Waals surface area contributed by atoms with Gasteiger partial charge in [0.25, 0.3) is 0 Å². The standard InChI is InChI=1S/C14H15FN2S/c1-10(16)8-11-5-6-13(12(15)9-11)18-14-4-2-3-7-17-14/h2-7,9-10H,8,16H2,1H3. The van der Waals surface area contributed by atoms with Crippen molar-refractivity contribution in [2.75, 3.05) is 0 Å². The smallest absolute Gasteiger partial charge is 0.137 e. The van der Waals surface area contributed by atoms with E-state index in [0.29, 0.717) is 11.3 Å². The summed E-state index contributed by atoms with van der Waals surface area (Å²) >= 11 is 1.32. The first-order chi connectivity index (χ1) is 8.65. The van der Waals surface area contributed by atoms with Crippen molar-refractivity contribution in [1.29, 1.82) is 0 Å². The minimum Gasteiger partial charge on any atom is -0.328 e. The highest BCUT2D eigenvalue weighted by atomic mass is 32.2. The van der Waals surface area contributed by atoms with E-state index in [9.17, 15) is 4.39 Å². The van der Waals surface area contributed by atoms with Crippen LogP contribution in [0.2, 0.25) is 0 Å². The predicted molar refractivity (Wildman–Crippen MR) is 72.1 cm³/mol. The number of aromatic nitrogens is 1. The number of halogens is 1. The normalized spacial score (nSPS) is 12.4. The molecule has 0 aliphatic carbocycles. The van der Waals surface area contributed by atoms with Gasteiger partial charge in [0.15, 0.2) is 0 Å². The van der Waals surface area contributed by atoms with E-state index in [-0.39, 0.29) is 11.9 Å². The topological polar surface area (TPSA) is 38.9 Å². The Bertz CT molecular complexity index is 514. The van der Waals surface area contributed by atoms with Gasteiger partial charge in [0.1, 0.15) is 10.8 Å². The lowest BCUT2D eigenvalue weighted by molar-refractivity contribution is 0.597. The van der Waals surface area contributed by atoms with Crippen LogP contribution in [-0.2, 0) is 6.42 Å². The largest absolute Gasteiger partial charge is 0.328 e. The Labute approximate surface area is 110 Å². The van der Waals surface area contributed by atoms with Crippen LogP contribution in [0.4, 0.5) is 4.39 Å². The van der Waals surface area contributed by atoms with Gasteiger partial charge in [0, 0.05) is 17.1 Å². The third kappa shape index (κ3) is 3.55. The Kier molecular flexibility index (Phi) is 4.33. The van der Waals surface area contributed by atoms with Gasteiger partial charge >= 0.3 is 0 Å². The van der Waals surface area contributed by atoms with Crippen molar-refractivity contribution in [2.24, 2.45) is 5.73 Å². The molecule has 4 heteroatoms. The third-order valence-electron chi connectivity index (χ3n) is 2.41. The summed E-state index contributed by atoms with van der Waals surface area (Å²) in [4.78, 5) is 4.75. The molecule has 18 heavy (non-hydrogen) atoms. The van der Waals surface area contributed by atoms with Crippen molar-refractivity contribution < 1.29 is 4.39 Å². The summed E-state index contributed by atoms with van der Waals surface area (Å²) < 4.78 is 13.9. The number of hydrogen-bond donors (Lipinski definition) is 1. The second-order valence-electron chi connectivity index (χ2n) is 4.22. The molecule has 0 radical (unpaired) electrons. The molecule has 0 bridgehead atoms. The molecular formula is C14H15FN2S. The Hall–Kier alpha value is -1.39. The summed E-state index contributed by atoms with van der Waals surface area (Å²) in [5.41, 5.74) is 6.62. The van der Waals surface area contributed by atoms with Crippen LogP contribution in [0, 0.1) is 5.82 Å². The summed E-state index contributed by atoms with van der Waals surface area (Å²) in [6, 6.07) is 10.9. The molecule has 0 saturated carbocycles. The SMILES string of the molecule is CC(N)Cc1ccc(Sc2ccccn2)c(F)c1. The number of benzene rings is 1. The quantitative estimate of drug-likeness (QED) is 0.919. The highest BCUT2D eigenvalue weighted by molar-refractivity contribution is 7.99. The maximum Gasteiger partial charge on any atom is 0.137 e. The molecule has 0 amide bonds. The van der Waals surface area contributed by atoms with Crippen LogP contribution in [0.1, 0.15) is 12.5 Å². The molecule has 0 fully saturated rings. The van der Waals surface area contributed by atoms with Crippen LogP contribution in [0.15, 0.2) is 52.5 Å². The van der Waals surface area contributed by atoms with E-state index in [1.807, 2.05) is 31.2 Å². The van der Waals surface area contributed by atoms with Gasteiger partial charge < -0.3 is 5.73 Å². The van der Waals surface area contributed by atoms with Crippen molar-refractivity contribution in [3.8, 4) is 0 Å². The van der Waals surface area contributed by atoms with Gasteiger partial charge in [0.2, 0.25) is 0 Å². The van der Waals surface area contributed by atoms with Gasteiger partial charge in [-0.05, 0) is 43.2 Å². The average molecular weight is 262 g/mol. The fourth-order valence-corrected chi connectivity index (χ4v) is 2.42. The van der Waals surface area contributed by atoms with Gasteiger partial charge in [0.05, 0.1) is 0 Å². The Balaban J connectivity index is 2.15. The molecule has 1 unspecified atom stereocenters. The fraction of sp³-hybridized carbons (Fsp3) is 0.214. The molecule has 2 N–H and O–H groups in total. The minimum atomic E-state index is -0.219. The molecule has 94 valence electrons. The summed E-state index contributed by atoms with van der Waals surface area (Å²) in [6.45, 7) is 1.91. The zero-order chi connectivity index (χ0) is 13.0. The van der Waals surface area contributed by atoms with E-state index in [0.717, 1.165) is 10.6 Å². The fourth-order valence-electron chi connectivity index (χ4n) is 1.65. The highest BCUT2D eigenvalue weighted by Crippen LogP contribution is 2.28. The van der Waals surface area contributed by atoms with Crippen LogP contribution in [0.5, 0.6) is 0 Å². The van der Waals surface area contributed by atoms with E-state index in [2.05, 4.69) is 4.98 Å². The summed E-state index contributed by atoms with van der Waals surface area (Å²) in [5.74, 6) is -0.219. The minimum absolute atomic E-state index is 0.0405. The third-order valence-corrected chi connectivity index (χ3v) is 3.41. The summed E-state index contributed by atoms with van der Waals surface area (Å²) in [7, 11) is 0. The molecule has 2 rings (SSSR count). The van der Waals surface area contributed by atoms with Gasteiger partial charge in [-0.2, -0.15) is 0 Å². The lowest BCUT2D eigenvalue weighted by Crippen LogP contribution is -2.17. The average Bonchev–Trinajstić information content (AvgIpc) is 2.33. The lowest BCUT2D eigenvalue weighted by atomic mass is 10.1. The van der Waals surface area contributed by atoms with E-state index in [4.69, 9.17) is 5.73 Å². The maximum atomic E-state index is 13.9. The molecule has 0 saturated heterocycles. The lowest BCUT2D eigenvalue weighted by Gasteiger charge is -2.07. The zero-order valence-corrected chi connectivity index (χ0v) is 11.0. The van der Waals surface area contributed by atoms with E-state index in [1.165, 1.54) is 11.8 Å². The first-order valence-corrected chi connectivity index (χ1v) is 6.59. The molecule has 0 spiro atoms. The Morgan fingerprint density at radius 3 is 2.78 bits per heavy atom. The molecule has 1 heterocycles. The highest BCUT2D eigenvalue weighted by Gasteiger charge is 2.07. The predicted octanol–water partition coefficient (Wildman–Crippen LogP) is 3.26. The Morgan fingerprint density at radius 1 is 1.33 bits per heavy atom. The monoisotopic (exact) mass is 262 g/mol. The van der Waals surface area contributed by atoms with Crippen LogP contribution in [-0.4, -0.2) is 11.0 Å². The van der Waals surface area contributed by atoms with Gasteiger partial charge in [-0.15, -0.1) is 0 Å². The molecule has 1 atom stereocenters. The van der Waals surface area contributed by atoms with Crippen LogP contribution < -0.4 is 5.73 Å². The first kappa shape index (κ1) is 13.1.